The van der Waals surface area contributed by atoms with Crippen LogP contribution in [0.2, 0.25) is 0 Å². The number of rotatable bonds is 7. The van der Waals surface area contributed by atoms with E-state index in [2.05, 4.69) is 15.6 Å². The summed E-state index contributed by atoms with van der Waals surface area (Å²) in [5, 5.41) is 5.46. The fraction of sp³-hybridized carbons (Fsp3) is 0.190. The summed E-state index contributed by atoms with van der Waals surface area (Å²) in [5.41, 5.74) is 3.63. The largest absolute Gasteiger partial charge is 0.444 e. The van der Waals surface area contributed by atoms with Gasteiger partial charge in [-0.25, -0.2) is 4.98 Å². The molecule has 2 N–H and O–H groups in total. The number of carbonyl (C=O) groups excluding carboxylic acids is 2. The molecule has 0 aliphatic carbocycles. The van der Waals surface area contributed by atoms with Gasteiger partial charge in [0.05, 0.1) is 11.4 Å². The van der Waals surface area contributed by atoms with Crippen LogP contribution in [0, 0.1) is 6.92 Å². The molecule has 3 aromatic rings. The van der Waals surface area contributed by atoms with E-state index in [-0.39, 0.29) is 17.6 Å². The number of anilines is 1. The molecule has 3 rings (SSSR count). The highest BCUT2D eigenvalue weighted by molar-refractivity contribution is 7.99. The maximum atomic E-state index is 12.3. The lowest BCUT2D eigenvalue weighted by atomic mass is 10.1. The smallest absolute Gasteiger partial charge is 0.251 e. The highest BCUT2D eigenvalue weighted by Crippen LogP contribution is 2.22. The Balaban J connectivity index is 1.53. The number of nitrogens with zero attached hydrogens (tertiary/aromatic N) is 1. The van der Waals surface area contributed by atoms with Crippen molar-refractivity contribution in [2.24, 2.45) is 0 Å². The second kappa shape index (κ2) is 9.23. The van der Waals surface area contributed by atoms with Crippen molar-refractivity contribution < 1.29 is 14.0 Å². The summed E-state index contributed by atoms with van der Waals surface area (Å²) in [6.07, 6.45) is 1.62. The van der Waals surface area contributed by atoms with Crippen molar-refractivity contribution in [3.05, 3.63) is 71.6 Å². The molecule has 6 nitrogen and oxygen atoms in total. The summed E-state index contributed by atoms with van der Waals surface area (Å²) in [6.45, 7) is 1.81. The molecule has 0 atom stereocenters. The molecule has 0 radical (unpaired) electrons. The second-order valence-electron chi connectivity index (χ2n) is 6.11. The average molecular weight is 395 g/mol. The van der Waals surface area contributed by atoms with Crippen LogP contribution in [0.15, 0.2) is 59.2 Å². The Morgan fingerprint density at radius 1 is 1.11 bits per heavy atom. The zero-order chi connectivity index (χ0) is 19.9. The van der Waals surface area contributed by atoms with Gasteiger partial charge in [0, 0.05) is 29.6 Å². The van der Waals surface area contributed by atoms with Gasteiger partial charge >= 0.3 is 0 Å². The van der Waals surface area contributed by atoms with Crippen LogP contribution in [-0.2, 0) is 10.5 Å². The van der Waals surface area contributed by atoms with Gasteiger partial charge in [0.2, 0.25) is 11.8 Å². The molecular weight excluding hydrogens is 374 g/mol. The van der Waals surface area contributed by atoms with Crippen LogP contribution < -0.4 is 10.6 Å². The first-order valence-electron chi connectivity index (χ1n) is 8.77. The molecule has 0 saturated carbocycles. The van der Waals surface area contributed by atoms with E-state index in [4.69, 9.17) is 4.42 Å². The van der Waals surface area contributed by atoms with Gasteiger partial charge in [-0.2, -0.15) is 0 Å². The molecule has 2 amide bonds. The van der Waals surface area contributed by atoms with Gasteiger partial charge in [0.25, 0.3) is 5.91 Å². The van der Waals surface area contributed by atoms with E-state index in [1.165, 1.54) is 11.8 Å². The quantitative estimate of drug-likeness (QED) is 0.634. The van der Waals surface area contributed by atoms with Gasteiger partial charge in [-0.15, -0.1) is 11.8 Å². The minimum Gasteiger partial charge on any atom is -0.444 e. The van der Waals surface area contributed by atoms with Gasteiger partial charge in [-0.1, -0.05) is 24.3 Å². The minimum absolute atomic E-state index is 0.131. The highest BCUT2D eigenvalue weighted by Gasteiger charge is 2.12. The second-order valence-corrected chi connectivity index (χ2v) is 7.09. The minimum atomic E-state index is -0.178. The van der Waals surface area contributed by atoms with Gasteiger partial charge in [-0.3, -0.25) is 9.59 Å². The average Bonchev–Trinajstić information content (AvgIpc) is 3.18. The summed E-state index contributed by atoms with van der Waals surface area (Å²) < 4.78 is 5.50. The fourth-order valence-electron chi connectivity index (χ4n) is 2.67. The van der Waals surface area contributed by atoms with E-state index in [0.717, 1.165) is 16.8 Å². The SMILES string of the molecule is CNC(=O)c1cccc(NC(=O)CSCc2coc(-c3ccccc3)n2)c1C. The predicted octanol–water partition coefficient (Wildman–Crippen LogP) is 3.88. The predicted molar refractivity (Wildman–Crippen MR) is 111 cm³/mol. The van der Waals surface area contributed by atoms with Crippen LogP contribution in [0.3, 0.4) is 0 Å². The van der Waals surface area contributed by atoms with E-state index in [9.17, 15) is 9.59 Å². The van der Waals surface area contributed by atoms with Crippen LogP contribution in [0.25, 0.3) is 11.5 Å². The third-order valence-corrected chi connectivity index (χ3v) is 5.10. The summed E-state index contributed by atoms with van der Waals surface area (Å²) in [4.78, 5) is 28.6. The van der Waals surface area contributed by atoms with Crippen LogP contribution in [0.5, 0.6) is 0 Å². The number of thioether (sulfide) groups is 1. The number of hydrogen-bond donors (Lipinski definition) is 2. The van der Waals surface area contributed by atoms with Crippen molar-refractivity contribution >= 4 is 29.3 Å². The Bertz CT molecular complexity index is 970. The van der Waals surface area contributed by atoms with E-state index in [1.807, 2.05) is 37.3 Å². The molecule has 0 unspecified atom stereocenters. The third kappa shape index (κ3) is 4.80. The monoisotopic (exact) mass is 395 g/mol. The zero-order valence-electron chi connectivity index (χ0n) is 15.7. The summed E-state index contributed by atoms with van der Waals surface area (Å²) in [5.74, 6) is 1.11. The van der Waals surface area contributed by atoms with E-state index >= 15 is 0 Å². The molecule has 28 heavy (non-hydrogen) atoms. The summed E-state index contributed by atoms with van der Waals surface area (Å²) in [6, 6.07) is 14.9. The molecule has 0 fully saturated rings. The number of oxazole rings is 1. The molecule has 0 aliphatic rings. The van der Waals surface area contributed by atoms with Gasteiger partial charge in [0.15, 0.2) is 0 Å². The van der Waals surface area contributed by atoms with E-state index in [0.29, 0.717) is 22.9 Å². The molecule has 7 heteroatoms. The topological polar surface area (TPSA) is 84.2 Å². The molecule has 144 valence electrons. The molecule has 0 bridgehead atoms. The van der Waals surface area contributed by atoms with Crippen molar-refractivity contribution in [1.82, 2.24) is 10.3 Å². The van der Waals surface area contributed by atoms with Gasteiger partial charge in [0.1, 0.15) is 6.26 Å². The lowest BCUT2D eigenvalue weighted by Crippen LogP contribution is -2.20. The maximum Gasteiger partial charge on any atom is 0.251 e. The van der Waals surface area contributed by atoms with Crippen molar-refractivity contribution in [2.45, 2.75) is 12.7 Å². The maximum absolute atomic E-state index is 12.3. The Kier molecular flexibility index (Phi) is 6.49. The molecule has 1 heterocycles. The standard InChI is InChI=1S/C21H21N3O3S/c1-14-17(20(26)22-2)9-6-10-18(14)24-19(25)13-28-12-16-11-27-21(23-16)15-7-4-3-5-8-15/h3-11H,12-13H2,1-2H3,(H,22,26)(H,24,25). The highest BCUT2D eigenvalue weighted by atomic mass is 32.2. The molecule has 0 aliphatic heterocycles. The van der Waals surface area contributed by atoms with Crippen molar-refractivity contribution in [3.8, 4) is 11.5 Å². The summed E-state index contributed by atoms with van der Waals surface area (Å²) in [7, 11) is 1.58. The molecule has 0 saturated heterocycles. The number of amides is 2. The molecule has 0 spiro atoms. The van der Waals surface area contributed by atoms with Crippen LogP contribution in [0.1, 0.15) is 21.6 Å². The Morgan fingerprint density at radius 2 is 1.89 bits per heavy atom. The molecular formula is C21H21N3O3S. The van der Waals surface area contributed by atoms with E-state index < -0.39 is 0 Å². The number of carbonyl (C=O) groups is 2. The van der Waals surface area contributed by atoms with E-state index in [1.54, 1.807) is 31.5 Å². The van der Waals surface area contributed by atoms with Crippen LogP contribution in [0.4, 0.5) is 5.69 Å². The molecule has 1 aromatic heterocycles. The number of nitrogens with one attached hydrogen (secondary N) is 2. The first kappa shape index (κ1) is 19.7. The Morgan fingerprint density at radius 3 is 2.64 bits per heavy atom. The Hall–Kier alpha value is -3.06. The Labute approximate surface area is 167 Å². The normalized spacial score (nSPS) is 10.5. The van der Waals surface area contributed by atoms with Crippen molar-refractivity contribution in [2.75, 3.05) is 18.1 Å². The lowest BCUT2D eigenvalue weighted by Gasteiger charge is -2.11. The lowest BCUT2D eigenvalue weighted by molar-refractivity contribution is -0.113. The van der Waals surface area contributed by atoms with Crippen LogP contribution in [-0.4, -0.2) is 29.6 Å². The van der Waals surface area contributed by atoms with Gasteiger partial charge < -0.3 is 15.1 Å². The van der Waals surface area contributed by atoms with Gasteiger partial charge in [-0.05, 0) is 36.8 Å². The third-order valence-electron chi connectivity index (χ3n) is 4.14. The van der Waals surface area contributed by atoms with Crippen molar-refractivity contribution in [1.29, 1.82) is 0 Å². The number of benzene rings is 2. The number of hydrogen-bond acceptors (Lipinski definition) is 5. The first-order chi connectivity index (χ1) is 13.6. The molecule has 2 aromatic carbocycles. The fourth-order valence-corrected chi connectivity index (χ4v) is 3.37. The zero-order valence-corrected chi connectivity index (χ0v) is 16.5. The number of aromatic nitrogens is 1. The summed E-state index contributed by atoms with van der Waals surface area (Å²) >= 11 is 1.45. The first-order valence-corrected chi connectivity index (χ1v) is 9.93. The van der Waals surface area contributed by atoms with Crippen LogP contribution >= 0.6 is 11.8 Å². The van der Waals surface area contributed by atoms with Crippen molar-refractivity contribution in [3.63, 3.8) is 0 Å².